The molecule has 6 heteroatoms. The number of carbonyl (C=O) groups is 2. The third kappa shape index (κ3) is 6.34. The predicted molar refractivity (Wildman–Crippen MR) is 108 cm³/mol. The van der Waals surface area contributed by atoms with E-state index in [0.717, 1.165) is 41.9 Å². The van der Waals surface area contributed by atoms with Gasteiger partial charge in [-0.3, -0.25) is 14.5 Å². The van der Waals surface area contributed by atoms with E-state index >= 15 is 0 Å². The van der Waals surface area contributed by atoms with Gasteiger partial charge in [-0.1, -0.05) is 36.4 Å². The highest BCUT2D eigenvalue weighted by Crippen LogP contribution is 2.27. The Morgan fingerprint density at radius 1 is 0.963 bits per heavy atom. The number of hydrogen-bond acceptors (Lipinski definition) is 5. The predicted octanol–water partition coefficient (Wildman–Crippen LogP) is 3.61. The molecular weight excluding hydrogens is 358 g/mol. The maximum absolute atomic E-state index is 12.2. The van der Waals surface area contributed by atoms with Crippen LogP contribution in [0.25, 0.3) is 0 Å². The van der Waals surface area contributed by atoms with E-state index < -0.39 is 0 Å². The van der Waals surface area contributed by atoms with Crippen molar-refractivity contribution < 1.29 is 9.59 Å². The van der Waals surface area contributed by atoms with Gasteiger partial charge in [0, 0.05) is 15.4 Å². The minimum atomic E-state index is -0.232. The van der Waals surface area contributed by atoms with E-state index in [0.29, 0.717) is 12.1 Å². The van der Waals surface area contributed by atoms with Crippen molar-refractivity contribution in [2.24, 2.45) is 5.10 Å². The Morgan fingerprint density at radius 3 is 2.33 bits per heavy atom. The quantitative estimate of drug-likeness (QED) is 0.452. The minimum absolute atomic E-state index is 0.185. The lowest BCUT2D eigenvalue weighted by atomic mass is 10.1. The Bertz CT molecular complexity index is 785. The topological polar surface area (TPSA) is 61.8 Å². The lowest BCUT2D eigenvalue weighted by Gasteiger charge is -2.25. The molecule has 0 saturated carbocycles. The molecular formula is C21H23N3O2S. The third-order valence-corrected chi connectivity index (χ3v) is 5.32. The normalized spacial score (nSPS) is 15.0. The number of rotatable bonds is 7. The summed E-state index contributed by atoms with van der Waals surface area (Å²) in [6, 6.07) is 17.4. The Balaban J connectivity index is 1.47. The Morgan fingerprint density at radius 2 is 1.63 bits per heavy atom. The second-order valence-electron chi connectivity index (χ2n) is 6.43. The maximum Gasteiger partial charge on any atom is 0.254 e. The molecule has 0 atom stereocenters. The van der Waals surface area contributed by atoms with Gasteiger partial charge in [0.15, 0.2) is 0 Å². The van der Waals surface area contributed by atoms with E-state index in [1.54, 1.807) is 23.9 Å². The maximum atomic E-state index is 12.2. The van der Waals surface area contributed by atoms with Gasteiger partial charge >= 0.3 is 0 Å². The summed E-state index contributed by atoms with van der Waals surface area (Å²) >= 11 is 1.64. The van der Waals surface area contributed by atoms with Crippen LogP contribution >= 0.6 is 11.8 Å². The molecule has 0 aliphatic carbocycles. The first kappa shape index (κ1) is 19.3. The molecule has 1 aliphatic rings. The molecule has 1 saturated heterocycles. The van der Waals surface area contributed by atoms with E-state index in [2.05, 4.69) is 15.4 Å². The van der Waals surface area contributed by atoms with Gasteiger partial charge in [0.25, 0.3) is 5.91 Å². The van der Waals surface area contributed by atoms with E-state index in [4.69, 9.17) is 0 Å². The first-order valence-corrected chi connectivity index (χ1v) is 9.94. The summed E-state index contributed by atoms with van der Waals surface area (Å²) in [6.07, 6.45) is 4.65. The average Bonchev–Trinajstić information content (AvgIpc) is 2.70. The first-order valence-electron chi connectivity index (χ1n) is 9.12. The SMILES string of the molecule is O=C(CN1CCCCC1)N/N=C\C(=O)c1ccc(Sc2ccccc2)cc1. The van der Waals surface area contributed by atoms with Gasteiger partial charge in [0.05, 0.1) is 12.8 Å². The van der Waals surface area contributed by atoms with Crippen molar-refractivity contribution >= 4 is 29.7 Å². The number of piperidine rings is 1. The van der Waals surface area contributed by atoms with Crippen molar-refractivity contribution in [2.75, 3.05) is 19.6 Å². The van der Waals surface area contributed by atoms with Crippen molar-refractivity contribution in [3.63, 3.8) is 0 Å². The fourth-order valence-corrected chi connectivity index (χ4v) is 3.74. The van der Waals surface area contributed by atoms with Gasteiger partial charge in [-0.05, 0) is 62.3 Å². The van der Waals surface area contributed by atoms with E-state index in [9.17, 15) is 9.59 Å². The molecule has 0 bridgehead atoms. The molecule has 1 heterocycles. The van der Waals surface area contributed by atoms with Crippen LogP contribution in [0.5, 0.6) is 0 Å². The minimum Gasteiger partial charge on any atom is -0.294 e. The Labute approximate surface area is 163 Å². The smallest absolute Gasteiger partial charge is 0.254 e. The molecule has 5 nitrogen and oxygen atoms in total. The molecule has 1 N–H and O–H groups in total. The zero-order chi connectivity index (χ0) is 18.9. The lowest BCUT2D eigenvalue weighted by Crippen LogP contribution is -2.38. The number of hydrazone groups is 1. The summed E-state index contributed by atoms with van der Waals surface area (Å²) in [4.78, 5) is 28.4. The highest BCUT2D eigenvalue weighted by atomic mass is 32.2. The third-order valence-electron chi connectivity index (χ3n) is 4.30. The number of Topliss-reactive ketones (excluding diaryl/α,β-unsaturated/α-hetero) is 1. The van der Waals surface area contributed by atoms with E-state index in [1.165, 1.54) is 6.42 Å². The number of nitrogens with one attached hydrogen (secondary N) is 1. The largest absolute Gasteiger partial charge is 0.294 e. The van der Waals surface area contributed by atoms with Crippen LogP contribution in [0.15, 0.2) is 69.5 Å². The lowest BCUT2D eigenvalue weighted by molar-refractivity contribution is -0.122. The van der Waals surface area contributed by atoms with E-state index in [-0.39, 0.29) is 11.7 Å². The fraction of sp³-hybridized carbons (Fsp3) is 0.286. The van der Waals surface area contributed by atoms with Crippen LogP contribution in [0.1, 0.15) is 29.6 Å². The summed E-state index contributed by atoms with van der Waals surface area (Å²) in [6.45, 7) is 2.23. The number of hydrogen-bond donors (Lipinski definition) is 1. The van der Waals surface area contributed by atoms with Crippen LogP contribution in [0.3, 0.4) is 0 Å². The van der Waals surface area contributed by atoms with Gasteiger partial charge in [-0.15, -0.1) is 0 Å². The summed E-state index contributed by atoms with van der Waals surface area (Å²) in [5.41, 5.74) is 2.98. The summed E-state index contributed by atoms with van der Waals surface area (Å²) in [5.74, 6) is -0.417. The Hall–Kier alpha value is -2.44. The highest BCUT2D eigenvalue weighted by molar-refractivity contribution is 7.99. The molecule has 0 unspecified atom stereocenters. The van der Waals surface area contributed by atoms with E-state index in [1.807, 2.05) is 42.5 Å². The number of nitrogens with zero attached hydrogens (tertiary/aromatic N) is 2. The van der Waals surface area contributed by atoms with Crippen LogP contribution in [0.2, 0.25) is 0 Å². The molecule has 140 valence electrons. The van der Waals surface area contributed by atoms with Crippen molar-refractivity contribution in [1.82, 2.24) is 10.3 Å². The van der Waals surface area contributed by atoms with Crippen LogP contribution in [-0.2, 0) is 4.79 Å². The number of carbonyl (C=O) groups excluding carboxylic acids is 2. The second kappa shape index (κ2) is 10.0. The molecule has 1 amide bonds. The summed E-state index contributed by atoms with van der Waals surface area (Å²) in [7, 11) is 0. The molecule has 2 aromatic rings. The highest BCUT2D eigenvalue weighted by Gasteiger charge is 2.13. The number of ketones is 1. The van der Waals surface area contributed by atoms with Crippen molar-refractivity contribution in [3.05, 3.63) is 60.2 Å². The molecule has 27 heavy (non-hydrogen) atoms. The van der Waals surface area contributed by atoms with Gasteiger partial charge in [0.1, 0.15) is 0 Å². The molecule has 2 aromatic carbocycles. The summed E-state index contributed by atoms with van der Waals surface area (Å²) in [5, 5.41) is 3.80. The van der Waals surface area contributed by atoms with Crippen LogP contribution in [-0.4, -0.2) is 42.4 Å². The van der Waals surface area contributed by atoms with Crippen LogP contribution in [0, 0.1) is 0 Å². The molecule has 3 rings (SSSR count). The monoisotopic (exact) mass is 381 g/mol. The zero-order valence-corrected chi connectivity index (χ0v) is 16.0. The van der Waals surface area contributed by atoms with Gasteiger partial charge in [-0.25, -0.2) is 5.43 Å². The number of likely N-dealkylation sites (tertiary alicyclic amines) is 1. The van der Waals surface area contributed by atoms with Crippen LogP contribution < -0.4 is 5.43 Å². The van der Waals surface area contributed by atoms with Gasteiger partial charge in [0.2, 0.25) is 5.78 Å². The van der Waals surface area contributed by atoms with Gasteiger partial charge < -0.3 is 0 Å². The molecule has 0 radical (unpaired) electrons. The van der Waals surface area contributed by atoms with Crippen molar-refractivity contribution in [3.8, 4) is 0 Å². The zero-order valence-electron chi connectivity index (χ0n) is 15.1. The molecule has 1 aliphatic heterocycles. The molecule has 1 fully saturated rings. The number of benzene rings is 2. The second-order valence-corrected chi connectivity index (χ2v) is 7.58. The average molecular weight is 382 g/mol. The molecule has 0 spiro atoms. The van der Waals surface area contributed by atoms with Crippen molar-refractivity contribution in [2.45, 2.75) is 29.1 Å². The molecule has 0 aromatic heterocycles. The van der Waals surface area contributed by atoms with Gasteiger partial charge in [-0.2, -0.15) is 5.10 Å². The van der Waals surface area contributed by atoms with Crippen LogP contribution in [0.4, 0.5) is 0 Å². The Kier molecular flexibility index (Phi) is 7.19. The first-order chi connectivity index (χ1) is 13.2. The van der Waals surface area contributed by atoms with Crippen molar-refractivity contribution in [1.29, 1.82) is 0 Å². The summed E-state index contributed by atoms with van der Waals surface area (Å²) < 4.78 is 0. The number of amides is 1. The fourth-order valence-electron chi connectivity index (χ4n) is 2.91. The standard InChI is InChI=1S/C21H23N3O2S/c25-20(15-22-23-21(26)16-24-13-5-2-6-14-24)17-9-11-19(12-10-17)27-18-7-3-1-4-8-18/h1,3-4,7-12,15H,2,5-6,13-14,16H2,(H,23,26)/b22-15-.